The molecule has 0 saturated carbocycles. The van der Waals surface area contributed by atoms with Crippen molar-refractivity contribution in [3.05, 3.63) is 87.5 Å². The third-order valence-corrected chi connectivity index (χ3v) is 8.10. The molecule has 2 amide bonds. The lowest BCUT2D eigenvalue weighted by Gasteiger charge is -2.35. The SMILES string of the molecule is O=C(Nc1sc2c(c1C(=O)N1CCN(Cc3ccccc3)CC1)CCCCC2)c1ccccc1F. The van der Waals surface area contributed by atoms with Crippen LogP contribution in [-0.2, 0) is 19.4 Å². The second kappa shape index (κ2) is 10.7. The van der Waals surface area contributed by atoms with Gasteiger partial charge in [0.15, 0.2) is 0 Å². The standard InChI is InChI=1S/C28H30FN3O2S/c29-23-13-8-7-11-21(23)26(33)30-27-25(22-12-5-2-6-14-24(22)35-27)28(34)32-17-15-31(16-18-32)19-20-9-3-1-4-10-20/h1,3-4,7-11,13H,2,5-6,12,14-19H2,(H,30,33). The fraction of sp³-hybridized carbons (Fsp3) is 0.357. The number of carbonyl (C=O) groups is 2. The van der Waals surface area contributed by atoms with Crippen LogP contribution in [0.25, 0.3) is 0 Å². The number of amides is 2. The number of fused-ring (bicyclic) bond motifs is 1. The summed E-state index contributed by atoms with van der Waals surface area (Å²) in [7, 11) is 0. The molecule has 2 aliphatic rings. The Bertz CT molecular complexity index is 1200. The summed E-state index contributed by atoms with van der Waals surface area (Å²) in [5.74, 6) is -1.10. The predicted octanol–water partition coefficient (Wildman–Crippen LogP) is 5.37. The van der Waals surface area contributed by atoms with Crippen molar-refractivity contribution in [2.75, 3.05) is 31.5 Å². The van der Waals surface area contributed by atoms with Gasteiger partial charge in [0.2, 0.25) is 0 Å². The fourth-order valence-corrected chi connectivity index (χ4v) is 6.26. The molecule has 5 nitrogen and oxygen atoms in total. The van der Waals surface area contributed by atoms with E-state index >= 15 is 0 Å². The van der Waals surface area contributed by atoms with Crippen LogP contribution in [-0.4, -0.2) is 47.8 Å². The maximum atomic E-state index is 14.2. The van der Waals surface area contributed by atoms with E-state index in [0.717, 1.165) is 57.3 Å². The van der Waals surface area contributed by atoms with Crippen LogP contribution < -0.4 is 5.32 Å². The van der Waals surface area contributed by atoms with Gasteiger partial charge in [-0.1, -0.05) is 48.9 Å². The fourth-order valence-electron chi connectivity index (χ4n) is 4.98. The molecule has 182 valence electrons. The smallest absolute Gasteiger partial charge is 0.259 e. The number of carbonyl (C=O) groups excluding carboxylic acids is 2. The molecule has 0 atom stereocenters. The molecule has 5 rings (SSSR count). The first-order valence-electron chi connectivity index (χ1n) is 12.4. The Morgan fingerprint density at radius 1 is 0.886 bits per heavy atom. The number of benzene rings is 2. The quantitative estimate of drug-likeness (QED) is 0.489. The van der Waals surface area contributed by atoms with Gasteiger partial charge in [-0.2, -0.15) is 0 Å². The molecule has 1 N–H and O–H groups in total. The van der Waals surface area contributed by atoms with Crippen molar-refractivity contribution in [3.8, 4) is 0 Å². The molecular weight excluding hydrogens is 461 g/mol. The summed E-state index contributed by atoms with van der Waals surface area (Å²) in [6.07, 6.45) is 5.02. The summed E-state index contributed by atoms with van der Waals surface area (Å²) in [6, 6.07) is 16.3. The lowest BCUT2D eigenvalue weighted by molar-refractivity contribution is 0.0629. The summed E-state index contributed by atoms with van der Waals surface area (Å²) >= 11 is 1.49. The van der Waals surface area contributed by atoms with E-state index in [2.05, 4.69) is 34.5 Å². The molecule has 1 aliphatic carbocycles. The second-order valence-electron chi connectivity index (χ2n) is 9.26. The number of nitrogens with zero attached hydrogens (tertiary/aromatic N) is 2. The minimum atomic E-state index is -0.564. The lowest BCUT2D eigenvalue weighted by atomic mass is 10.0. The number of halogens is 1. The van der Waals surface area contributed by atoms with E-state index in [9.17, 15) is 14.0 Å². The van der Waals surface area contributed by atoms with E-state index in [0.29, 0.717) is 23.7 Å². The van der Waals surface area contributed by atoms with E-state index in [-0.39, 0.29) is 11.5 Å². The number of piperazine rings is 1. The van der Waals surface area contributed by atoms with E-state index in [1.165, 1.54) is 33.9 Å². The van der Waals surface area contributed by atoms with Gasteiger partial charge in [-0.3, -0.25) is 14.5 Å². The van der Waals surface area contributed by atoms with E-state index in [4.69, 9.17) is 0 Å². The molecule has 0 spiro atoms. The highest BCUT2D eigenvalue weighted by Crippen LogP contribution is 2.38. The molecule has 0 unspecified atom stereocenters. The van der Waals surface area contributed by atoms with Gasteiger partial charge in [-0.15, -0.1) is 11.3 Å². The van der Waals surface area contributed by atoms with Crippen molar-refractivity contribution in [2.45, 2.75) is 38.6 Å². The zero-order valence-corrected chi connectivity index (χ0v) is 20.6. The molecule has 0 bridgehead atoms. The van der Waals surface area contributed by atoms with Crippen molar-refractivity contribution < 1.29 is 14.0 Å². The molecule has 1 saturated heterocycles. The van der Waals surface area contributed by atoms with Crippen LogP contribution in [0.2, 0.25) is 0 Å². The van der Waals surface area contributed by atoms with E-state index in [1.807, 2.05) is 11.0 Å². The number of anilines is 1. The number of aryl methyl sites for hydroxylation is 1. The minimum Gasteiger partial charge on any atom is -0.336 e. The summed E-state index contributed by atoms with van der Waals surface area (Å²) in [5.41, 5.74) is 2.96. The zero-order chi connectivity index (χ0) is 24.2. The summed E-state index contributed by atoms with van der Waals surface area (Å²) in [5, 5.41) is 3.45. The average Bonchev–Trinajstić information content (AvgIpc) is 3.04. The van der Waals surface area contributed by atoms with Gasteiger partial charge in [0.05, 0.1) is 11.1 Å². The van der Waals surface area contributed by atoms with Crippen LogP contribution in [0.15, 0.2) is 54.6 Å². The molecular formula is C28H30FN3O2S. The van der Waals surface area contributed by atoms with Crippen LogP contribution in [0, 0.1) is 5.82 Å². The van der Waals surface area contributed by atoms with Crippen molar-refractivity contribution in [2.24, 2.45) is 0 Å². The first-order valence-corrected chi connectivity index (χ1v) is 13.2. The van der Waals surface area contributed by atoms with Crippen LogP contribution >= 0.6 is 11.3 Å². The minimum absolute atomic E-state index is 0.0102. The van der Waals surface area contributed by atoms with Gasteiger partial charge in [0, 0.05) is 37.6 Å². The van der Waals surface area contributed by atoms with Gasteiger partial charge in [-0.25, -0.2) is 4.39 Å². The summed E-state index contributed by atoms with van der Waals surface area (Å²) in [4.78, 5) is 32.2. The largest absolute Gasteiger partial charge is 0.336 e. The number of hydrogen-bond donors (Lipinski definition) is 1. The Kier molecular flexibility index (Phi) is 7.25. The van der Waals surface area contributed by atoms with Crippen molar-refractivity contribution in [1.82, 2.24) is 9.80 Å². The van der Waals surface area contributed by atoms with Crippen molar-refractivity contribution in [1.29, 1.82) is 0 Å². The third-order valence-electron chi connectivity index (χ3n) is 6.89. The van der Waals surface area contributed by atoms with Gasteiger partial charge >= 0.3 is 0 Å². The van der Waals surface area contributed by atoms with E-state index < -0.39 is 11.7 Å². The van der Waals surface area contributed by atoms with Gasteiger partial charge in [0.25, 0.3) is 11.8 Å². The molecule has 1 aliphatic heterocycles. The first-order chi connectivity index (χ1) is 17.1. The van der Waals surface area contributed by atoms with E-state index in [1.54, 1.807) is 12.1 Å². The Morgan fingerprint density at radius 3 is 2.37 bits per heavy atom. The molecule has 1 fully saturated rings. The third kappa shape index (κ3) is 5.31. The summed E-state index contributed by atoms with van der Waals surface area (Å²) in [6.45, 7) is 3.79. The highest BCUT2D eigenvalue weighted by molar-refractivity contribution is 7.17. The monoisotopic (exact) mass is 491 g/mol. The lowest BCUT2D eigenvalue weighted by Crippen LogP contribution is -2.48. The Morgan fingerprint density at radius 2 is 1.60 bits per heavy atom. The molecule has 35 heavy (non-hydrogen) atoms. The second-order valence-corrected chi connectivity index (χ2v) is 10.4. The summed E-state index contributed by atoms with van der Waals surface area (Å²) < 4.78 is 14.2. The van der Waals surface area contributed by atoms with Crippen LogP contribution in [0.4, 0.5) is 9.39 Å². The molecule has 7 heteroatoms. The maximum Gasteiger partial charge on any atom is 0.259 e. The van der Waals surface area contributed by atoms with Crippen LogP contribution in [0.1, 0.15) is 56.0 Å². The predicted molar refractivity (Wildman–Crippen MR) is 138 cm³/mol. The highest BCUT2D eigenvalue weighted by Gasteiger charge is 2.31. The number of rotatable bonds is 5. The molecule has 1 aromatic heterocycles. The van der Waals surface area contributed by atoms with Crippen molar-refractivity contribution in [3.63, 3.8) is 0 Å². The number of thiophene rings is 1. The Labute approximate surface area is 209 Å². The molecule has 3 aromatic rings. The molecule has 0 radical (unpaired) electrons. The maximum absolute atomic E-state index is 14.2. The van der Waals surface area contributed by atoms with Crippen molar-refractivity contribution >= 4 is 28.2 Å². The van der Waals surface area contributed by atoms with Crippen LogP contribution in [0.5, 0.6) is 0 Å². The number of nitrogens with one attached hydrogen (secondary N) is 1. The molecule has 2 aromatic carbocycles. The Hall–Kier alpha value is -3.03. The zero-order valence-electron chi connectivity index (χ0n) is 19.8. The average molecular weight is 492 g/mol. The first kappa shape index (κ1) is 23.7. The van der Waals surface area contributed by atoms with Gasteiger partial charge in [-0.05, 0) is 48.9 Å². The topological polar surface area (TPSA) is 52.7 Å². The van der Waals surface area contributed by atoms with Crippen LogP contribution in [0.3, 0.4) is 0 Å². The normalized spacial score (nSPS) is 16.4. The number of hydrogen-bond acceptors (Lipinski definition) is 4. The Balaban J connectivity index is 1.35. The van der Waals surface area contributed by atoms with Gasteiger partial charge < -0.3 is 10.2 Å². The highest BCUT2D eigenvalue weighted by atomic mass is 32.1. The molecule has 2 heterocycles. The van der Waals surface area contributed by atoms with Gasteiger partial charge in [0.1, 0.15) is 10.8 Å².